The summed E-state index contributed by atoms with van der Waals surface area (Å²) in [6, 6.07) is 3.83. The van der Waals surface area contributed by atoms with Gasteiger partial charge >= 0.3 is 5.97 Å². The molecule has 1 aromatic rings. The lowest BCUT2D eigenvalue weighted by Crippen LogP contribution is -2.51. The Morgan fingerprint density at radius 2 is 1.09 bits per heavy atom. The van der Waals surface area contributed by atoms with Gasteiger partial charge in [-0.2, -0.15) is 0 Å². The summed E-state index contributed by atoms with van der Waals surface area (Å²) < 4.78 is 26.4. The number of unbranched alkanes of at least 4 members (excludes halogenated alkanes) is 21. The maximum absolute atomic E-state index is 14.4. The van der Waals surface area contributed by atoms with Crippen LogP contribution < -0.4 is 14.2 Å². The molecular weight excluding hydrogens is 849 g/mol. The van der Waals surface area contributed by atoms with Crippen molar-refractivity contribution in [1.82, 2.24) is 0 Å². The molecule has 8 atom stereocenters. The lowest BCUT2D eigenvalue weighted by Gasteiger charge is -2.58. The average molecular weight is 960 g/mol. The van der Waals surface area contributed by atoms with Gasteiger partial charge in [0, 0.05) is 6.42 Å². The minimum Gasteiger partial charge on any atom is -0.490 e. The summed E-state index contributed by atoms with van der Waals surface area (Å²) >= 11 is 0. The van der Waals surface area contributed by atoms with E-state index in [1.54, 1.807) is 5.57 Å². The van der Waals surface area contributed by atoms with Crippen molar-refractivity contribution < 1.29 is 23.7 Å². The highest BCUT2D eigenvalue weighted by molar-refractivity contribution is 5.91. The fraction of sp³-hybridized carbons (Fsp3) is 0.859. The van der Waals surface area contributed by atoms with Crippen molar-refractivity contribution >= 4 is 5.97 Å². The fourth-order valence-corrected chi connectivity index (χ4v) is 14.3. The minimum atomic E-state index is -0.255. The molecule has 0 spiro atoms. The van der Waals surface area contributed by atoms with Gasteiger partial charge in [-0.3, -0.25) is 0 Å². The van der Waals surface area contributed by atoms with Crippen molar-refractivity contribution in [2.24, 2.45) is 46.3 Å². The summed E-state index contributed by atoms with van der Waals surface area (Å²) in [5, 5.41) is 0. The van der Waals surface area contributed by atoms with E-state index in [2.05, 4.69) is 61.5 Å². The van der Waals surface area contributed by atoms with Gasteiger partial charge in [0.15, 0.2) is 11.5 Å². The highest BCUT2D eigenvalue weighted by atomic mass is 16.6. The number of carbonyl (C=O) groups is 1. The van der Waals surface area contributed by atoms with Crippen LogP contribution in [0.5, 0.6) is 17.2 Å². The molecule has 5 heteroatoms. The molecular formula is C64H110O5. The topological polar surface area (TPSA) is 54.0 Å². The molecule has 0 saturated heterocycles. The molecule has 396 valence electrons. The molecule has 0 aromatic heterocycles. The zero-order valence-electron chi connectivity index (χ0n) is 46.7. The van der Waals surface area contributed by atoms with Gasteiger partial charge in [0.1, 0.15) is 6.10 Å². The minimum absolute atomic E-state index is 0.105. The normalized spacial score (nSPS) is 25.7. The molecule has 5 rings (SSSR count). The van der Waals surface area contributed by atoms with Crippen LogP contribution in [0.2, 0.25) is 0 Å². The quantitative estimate of drug-likeness (QED) is 0.0378. The number of benzene rings is 1. The van der Waals surface area contributed by atoms with E-state index in [1.165, 1.54) is 167 Å². The van der Waals surface area contributed by atoms with Crippen molar-refractivity contribution in [3.05, 3.63) is 29.3 Å². The van der Waals surface area contributed by atoms with E-state index in [-0.39, 0.29) is 17.5 Å². The van der Waals surface area contributed by atoms with Gasteiger partial charge < -0.3 is 18.9 Å². The van der Waals surface area contributed by atoms with E-state index in [0.29, 0.717) is 48.0 Å². The van der Waals surface area contributed by atoms with Crippen molar-refractivity contribution in [2.75, 3.05) is 19.8 Å². The monoisotopic (exact) mass is 959 g/mol. The van der Waals surface area contributed by atoms with E-state index in [1.807, 2.05) is 12.1 Å². The van der Waals surface area contributed by atoms with Crippen molar-refractivity contribution in [3.63, 3.8) is 0 Å². The first-order valence-corrected chi connectivity index (χ1v) is 30.5. The average Bonchev–Trinajstić information content (AvgIpc) is 3.70. The molecule has 1 aromatic carbocycles. The first-order chi connectivity index (χ1) is 33.5. The predicted octanol–water partition coefficient (Wildman–Crippen LogP) is 19.8. The van der Waals surface area contributed by atoms with Crippen LogP contribution in [-0.2, 0) is 4.74 Å². The fourth-order valence-electron chi connectivity index (χ4n) is 14.3. The Balaban J connectivity index is 1.26. The van der Waals surface area contributed by atoms with Gasteiger partial charge in [0.2, 0.25) is 5.75 Å². The van der Waals surface area contributed by atoms with Crippen LogP contribution in [-0.4, -0.2) is 31.9 Å². The van der Waals surface area contributed by atoms with Crippen LogP contribution in [0, 0.1) is 46.3 Å². The summed E-state index contributed by atoms with van der Waals surface area (Å²) in [4.78, 5) is 14.4. The van der Waals surface area contributed by atoms with E-state index in [4.69, 9.17) is 18.9 Å². The Kier molecular flexibility index (Phi) is 26.3. The lowest BCUT2D eigenvalue weighted by atomic mass is 9.47. The Morgan fingerprint density at radius 1 is 0.580 bits per heavy atom. The maximum Gasteiger partial charge on any atom is 0.338 e. The number of fused-ring (bicyclic) bond motifs is 5. The third-order valence-corrected chi connectivity index (χ3v) is 18.5. The number of esters is 1. The lowest BCUT2D eigenvalue weighted by molar-refractivity contribution is -0.0594. The molecule has 0 heterocycles. The highest BCUT2D eigenvalue weighted by Gasteiger charge is 2.59. The first kappa shape index (κ1) is 57.7. The predicted molar refractivity (Wildman–Crippen MR) is 293 cm³/mol. The Labute approximate surface area is 427 Å². The van der Waals surface area contributed by atoms with Crippen LogP contribution >= 0.6 is 0 Å². The molecule has 69 heavy (non-hydrogen) atoms. The summed E-state index contributed by atoms with van der Waals surface area (Å²) in [5.74, 6) is 6.62. The summed E-state index contributed by atoms with van der Waals surface area (Å²) in [7, 11) is 0. The molecule has 3 fully saturated rings. The standard InChI is InChI=1S/C64H110O5/c1-9-12-15-18-21-24-27-30-44-66-59-47-52(48-60(67-45-31-28-25-22-19-16-13-10-2)61(59)68-46-32-29-26-23-20-17-14-11-3)62(65)69-54-40-42-63(7)53(49-54)36-37-55-57-39-38-56(51(6)35-33-34-50(4)5)64(57,8)43-41-58(55)63/h36,47-48,50-51,54-58H,9-35,37-46,49H2,1-8H3/t51-,54+,55+,56-,57+,58+,63+,64-/m1/s1. The number of ether oxygens (including phenoxy) is 4. The van der Waals surface area contributed by atoms with E-state index in [0.717, 1.165) is 93.3 Å². The molecule has 0 radical (unpaired) electrons. The smallest absolute Gasteiger partial charge is 0.338 e. The Hall–Kier alpha value is -2.17. The van der Waals surface area contributed by atoms with Crippen LogP contribution in [0.3, 0.4) is 0 Å². The van der Waals surface area contributed by atoms with Gasteiger partial charge in [-0.05, 0) is 123 Å². The SMILES string of the molecule is CCCCCCCCCCOc1cc(C(=O)O[C@H]2CC[C@@]3(C)C(=CC[C@H]4[C@@H]5CC[C@H]([C@H](C)CCCC(C)C)[C@@]5(C)CC[C@@H]43)C2)cc(OCCCCCCCCCC)c1OCCCCCCCCCC. The zero-order valence-corrected chi connectivity index (χ0v) is 46.7. The number of hydrogen-bond acceptors (Lipinski definition) is 5. The summed E-state index contributed by atoms with van der Waals surface area (Å²) in [6.07, 6.45) is 46.4. The van der Waals surface area contributed by atoms with Gasteiger partial charge in [-0.15, -0.1) is 0 Å². The Morgan fingerprint density at radius 3 is 1.61 bits per heavy atom. The third-order valence-electron chi connectivity index (χ3n) is 18.5. The van der Waals surface area contributed by atoms with Crippen molar-refractivity contribution in [3.8, 4) is 17.2 Å². The molecule has 3 saturated carbocycles. The van der Waals surface area contributed by atoms with Crippen LogP contribution in [0.4, 0.5) is 0 Å². The maximum atomic E-state index is 14.4. The van der Waals surface area contributed by atoms with Gasteiger partial charge in [0.05, 0.1) is 25.4 Å². The van der Waals surface area contributed by atoms with Crippen molar-refractivity contribution in [1.29, 1.82) is 0 Å². The number of rotatable bonds is 37. The van der Waals surface area contributed by atoms with E-state index >= 15 is 0 Å². The largest absolute Gasteiger partial charge is 0.490 e. The van der Waals surface area contributed by atoms with Gasteiger partial charge in [0.25, 0.3) is 0 Å². The molecule has 0 unspecified atom stereocenters. The second-order valence-corrected chi connectivity index (χ2v) is 24.3. The van der Waals surface area contributed by atoms with Crippen LogP contribution in [0.25, 0.3) is 0 Å². The first-order valence-electron chi connectivity index (χ1n) is 30.5. The zero-order chi connectivity index (χ0) is 49.3. The van der Waals surface area contributed by atoms with Gasteiger partial charge in [-0.1, -0.05) is 221 Å². The molecule has 4 aliphatic rings. The number of carbonyl (C=O) groups excluding carboxylic acids is 1. The van der Waals surface area contributed by atoms with Crippen LogP contribution in [0.1, 0.15) is 290 Å². The molecule has 5 nitrogen and oxygen atoms in total. The highest BCUT2D eigenvalue weighted by Crippen LogP contribution is 2.67. The van der Waals surface area contributed by atoms with E-state index < -0.39 is 0 Å². The molecule has 0 amide bonds. The number of allylic oxidation sites excluding steroid dienone is 1. The van der Waals surface area contributed by atoms with Crippen molar-refractivity contribution in [2.45, 2.75) is 286 Å². The molecule has 0 bridgehead atoms. The molecule has 0 N–H and O–H groups in total. The third kappa shape index (κ3) is 17.8. The van der Waals surface area contributed by atoms with E-state index in [9.17, 15) is 4.79 Å². The summed E-state index contributed by atoms with van der Waals surface area (Å²) in [6.45, 7) is 21.3. The van der Waals surface area contributed by atoms with Crippen LogP contribution in [0.15, 0.2) is 23.8 Å². The molecule has 0 aliphatic heterocycles. The molecule has 4 aliphatic carbocycles. The van der Waals surface area contributed by atoms with Gasteiger partial charge in [-0.25, -0.2) is 4.79 Å². The second kappa shape index (κ2) is 31.4. The summed E-state index contributed by atoms with van der Waals surface area (Å²) in [5.41, 5.74) is 2.81. The second-order valence-electron chi connectivity index (χ2n) is 24.3. The number of hydrogen-bond donors (Lipinski definition) is 0. The Bertz CT molecular complexity index is 1550.